The number of rotatable bonds is 3. The summed E-state index contributed by atoms with van der Waals surface area (Å²) >= 11 is 6.66. The van der Waals surface area contributed by atoms with Crippen molar-refractivity contribution >= 4 is 37.6 Å². The summed E-state index contributed by atoms with van der Waals surface area (Å²) in [6.07, 6.45) is 0. The fraction of sp³-hybridized carbons (Fsp3) is 0.222. The molecule has 2 nitrogen and oxygen atoms in total. The Kier molecular flexibility index (Phi) is 3.93. The van der Waals surface area contributed by atoms with Crippen LogP contribution in [0.25, 0.3) is 0 Å². The summed E-state index contributed by atoms with van der Waals surface area (Å²) in [5.74, 6) is 0.667. The van der Waals surface area contributed by atoms with Gasteiger partial charge in [0.15, 0.2) is 5.78 Å². The number of para-hydroxylation sites is 1. The van der Waals surface area contributed by atoms with Gasteiger partial charge in [-0.15, -0.1) is 0 Å². The number of hydrogen-bond donors (Lipinski definition) is 0. The summed E-state index contributed by atoms with van der Waals surface area (Å²) in [5.41, 5.74) is 0. The average molecular weight is 308 g/mol. The molecule has 0 spiro atoms. The van der Waals surface area contributed by atoms with Gasteiger partial charge in [0.05, 0.1) is 8.95 Å². The maximum Gasteiger partial charge on any atom is 0.167 e. The molecule has 0 bridgehead atoms. The van der Waals surface area contributed by atoms with Crippen molar-refractivity contribution < 1.29 is 9.53 Å². The van der Waals surface area contributed by atoms with Crippen LogP contribution in [0.15, 0.2) is 27.1 Å². The number of benzene rings is 1. The van der Waals surface area contributed by atoms with E-state index in [1.807, 2.05) is 18.2 Å². The molecular weight excluding hydrogens is 300 g/mol. The molecule has 0 saturated carbocycles. The molecule has 0 N–H and O–H groups in total. The van der Waals surface area contributed by atoms with Gasteiger partial charge in [-0.1, -0.05) is 6.07 Å². The van der Waals surface area contributed by atoms with Crippen molar-refractivity contribution in [2.75, 3.05) is 6.61 Å². The van der Waals surface area contributed by atoms with Crippen LogP contribution >= 0.6 is 31.9 Å². The smallest absolute Gasteiger partial charge is 0.167 e. The van der Waals surface area contributed by atoms with E-state index >= 15 is 0 Å². The minimum absolute atomic E-state index is 0.00246. The molecule has 13 heavy (non-hydrogen) atoms. The SMILES string of the molecule is CC(=O)COc1c(Br)cccc1Br. The lowest BCUT2D eigenvalue weighted by Gasteiger charge is -2.07. The van der Waals surface area contributed by atoms with E-state index in [1.54, 1.807) is 0 Å². The molecule has 1 rings (SSSR count). The van der Waals surface area contributed by atoms with Gasteiger partial charge in [-0.25, -0.2) is 0 Å². The van der Waals surface area contributed by atoms with E-state index in [0.29, 0.717) is 5.75 Å². The second-order valence-corrected chi connectivity index (χ2v) is 4.25. The van der Waals surface area contributed by atoms with Crippen molar-refractivity contribution in [3.8, 4) is 5.75 Å². The maximum absolute atomic E-state index is 10.7. The van der Waals surface area contributed by atoms with Crippen molar-refractivity contribution in [1.82, 2.24) is 0 Å². The predicted octanol–water partition coefficient (Wildman–Crippen LogP) is 3.18. The van der Waals surface area contributed by atoms with Gasteiger partial charge in [0.1, 0.15) is 12.4 Å². The number of ketones is 1. The van der Waals surface area contributed by atoms with Gasteiger partial charge >= 0.3 is 0 Å². The third kappa shape index (κ3) is 3.12. The first kappa shape index (κ1) is 10.7. The second-order valence-electron chi connectivity index (χ2n) is 2.54. The number of hydrogen-bond acceptors (Lipinski definition) is 2. The lowest BCUT2D eigenvalue weighted by molar-refractivity contribution is -0.118. The second kappa shape index (κ2) is 4.77. The zero-order chi connectivity index (χ0) is 9.84. The Morgan fingerprint density at radius 2 is 1.92 bits per heavy atom. The van der Waals surface area contributed by atoms with Crippen LogP contribution in [0.4, 0.5) is 0 Å². The molecular formula is C9H8Br2O2. The van der Waals surface area contributed by atoms with E-state index < -0.39 is 0 Å². The van der Waals surface area contributed by atoms with Crippen LogP contribution in [0.2, 0.25) is 0 Å². The number of halogens is 2. The molecule has 0 unspecified atom stereocenters. The molecule has 0 aliphatic carbocycles. The lowest BCUT2D eigenvalue weighted by atomic mass is 10.3. The minimum Gasteiger partial charge on any atom is -0.483 e. The zero-order valence-corrected chi connectivity index (χ0v) is 10.2. The molecule has 4 heteroatoms. The molecule has 0 fully saturated rings. The third-order valence-corrected chi connectivity index (χ3v) is 2.59. The van der Waals surface area contributed by atoms with Crippen LogP contribution < -0.4 is 4.74 Å². The highest BCUT2D eigenvalue weighted by Gasteiger charge is 2.05. The Bertz CT molecular complexity index is 303. The quantitative estimate of drug-likeness (QED) is 0.857. The highest BCUT2D eigenvalue weighted by Crippen LogP contribution is 2.32. The number of carbonyl (C=O) groups excluding carboxylic acids is 1. The fourth-order valence-electron chi connectivity index (χ4n) is 0.794. The number of carbonyl (C=O) groups is 1. The van der Waals surface area contributed by atoms with Gasteiger partial charge in [0.2, 0.25) is 0 Å². The monoisotopic (exact) mass is 306 g/mol. The molecule has 0 saturated heterocycles. The highest BCUT2D eigenvalue weighted by atomic mass is 79.9. The van der Waals surface area contributed by atoms with E-state index in [4.69, 9.17) is 4.74 Å². The van der Waals surface area contributed by atoms with Crippen molar-refractivity contribution in [1.29, 1.82) is 0 Å². The number of Topliss-reactive ketones (excluding diaryl/α,β-unsaturated/α-hetero) is 1. The molecule has 70 valence electrons. The molecule has 1 aromatic rings. The molecule has 0 aliphatic rings. The Hall–Kier alpha value is -0.350. The normalized spacial score (nSPS) is 9.77. The largest absolute Gasteiger partial charge is 0.483 e. The van der Waals surface area contributed by atoms with E-state index in [0.717, 1.165) is 8.95 Å². The molecule has 0 aliphatic heterocycles. The summed E-state index contributed by atoms with van der Waals surface area (Å²) in [5, 5.41) is 0. The molecule has 0 heterocycles. The standard InChI is InChI=1S/C9H8Br2O2/c1-6(12)5-13-9-7(10)3-2-4-8(9)11/h2-4H,5H2,1H3. The fourth-order valence-corrected chi connectivity index (χ4v) is 2.02. The lowest BCUT2D eigenvalue weighted by Crippen LogP contribution is -2.07. The van der Waals surface area contributed by atoms with E-state index in [9.17, 15) is 4.79 Å². The Morgan fingerprint density at radius 3 is 2.38 bits per heavy atom. The van der Waals surface area contributed by atoms with Gasteiger partial charge in [-0.2, -0.15) is 0 Å². The first-order valence-corrected chi connectivity index (χ1v) is 5.26. The first-order chi connectivity index (χ1) is 6.11. The van der Waals surface area contributed by atoms with Gasteiger partial charge in [0, 0.05) is 0 Å². The van der Waals surface area contributed by atoms with Crippen LogP contribution in [-0.4, -0.2) is 12.4 Å². The molecule has 0 amide bonds. The Labute approximate surface area is 93.5 Å². The predicted molar refractivity (Wildman–Crippen MR) is 58.0 cm³/mol. The summed E-state index contributed by atoms with van der Waals surface area (Å²) in [4.78, 5) is 10.7. The van der Waals surface area contributed by atoms with Gasteiger partial charge < -0.3 is 4.74 Å². The minimum atomic E-state index is 0.00246. The highest BCUT2D eigenvalue weighted by molar-refractivity contribution is 9.11. The van der Waals surface area contributed by atoms with Crippen molar-refractivity contribution in [3.63, 3.8) is 0 Å². The zero-order valence-electron chi connectivity index (χ0n) is 7.01. The van der Waals surface area contributed by atoms with Gasteiger partial charge in [0.25, 0.3) is 0 Å². The Balaban J connectivity index is 2.81. The topological polar surface area (TPSA) is 26.3 Å². The van der Waals surface area contributed by atoms with E-state index in [2.05, 4.69) is 31.9 Å². The Morgan fingerprint density at radius 1 is 1.38 bits per heavy atom. The summed E-state index contributed by atoms with van der Waals surface area (Å²) in [6.45, 7) is 1.59. The molecule has 0 radical (unpaired) electrons. The average Bonchev–Trinajstić information content (AvgIpc) is 2.03. The van der Waals surface area contributed by atoms with Gasteiger partial charge in [-0.05, 0) is 50.9 Å². The summed E-state index contributed by atoms with van der Waals surface area (Å²) < 4.78 is 6.96. The van der Waals surface area contributed by atoms with Crippen LogP contribution in [0.3, 0.4) is 0 Å². The van der Waals surface area contributed by atoms with Gasteiger partial charge in [-0.3, -0.25) is 4.79 Å². The molecule has 0 atom stereocenters. The van der Waals surface area contributed by atoms with E-state index in [1.165, 1.54) is 6.92 Å². The maximum atomic E-state index is 10.7. The van der Waals surface area contributed by atoms with Crippen molar-refractivity contribution in [2.24, 2.45) is 0 Å². The van der Waals surface area contributed by atoms with Crippen molar-refractivity contribution in [2.45, 2.75) is 6.92 Å². The van der Waals surface area contributed by atoms with Crippen LogP contribution in [0.5, 0.6) is 5.75 Å². The van der Waals surface area contributed by atoms with Crippen LogP contribution in [-0.2, 0) is 4.79 Å². The summed E-state index contributed by atoms with van der Waals surface area (Å²) in [6, 6.07) is 5.61. The van der Waals surface area contributed by atoms with E-state index in [-0.39, 0.29) is 12.4 Å². The number of ether oxygens (including phenoxy) is 1. The van der Waals surface area contributed by atoms with Crippen LogP contribution in [0, 0.1) is 0 Å². The summed E-state index contributed by atoms with van der Waals surface area (Å²) in [7, 11) is 0. The molecule has 0 aromatic heterocycles. The third-order valence-electron chi connectivity index (χ3n) is 1.34. The van der Waals surface area contributed by atoms with Crippen LogP contribution in [0.1, 0.15) is 6.92 Å². The first-order valence-electron chi connectivity index (χ1n) is 3.67. The van der Waals surface area contributed by atoms with Crippen molar-refractivity contribution in [3.05, 3.63) is 27.1 Å². The molecule has 1 aromatic carbocycles.